The summed E-state index contributed by atoms with van der Waals surface area (Å²) in [6.07, 6.45) is 0.788. The van der Waals surface area contributed by atoms with Gasteiger partial charge in [0, 0.05) is 0 Å². The van der Waals surface area contributed by atoms with Gasteiger partial charge in [-0.25, -0.2) is 4.90 Å². The van der Waals surface area contributed by atoms with Gasteiger partial charge >= 0.3 is 5.91 Å². The topological polar surface area (TPSA) is 76.1 Å². The predicted octanol–water partition coefficient (Wildman–Crippen LogP) is 4.35. The molecular formula is C23H25NO5. The molecule has 2 amide bonds. The second-order valence-corrected chi connectivity index (χ2v) is 7.21. The van der Waals surface area contributed by atoms with E-state index >= 15 is 0 Å². The van der Waals surface area contributed by atoms with Crippen LogP contribution in [0.1, 0.15) is 32.8 Å². The van der Waals surface area contributed by atoms with E-state index in [0.717, 1.165) is 11.3 Å². The first-order valence-corrected chi connectivity index (χ1v) is 9.71. The van der Waals surface area contributed by atoms with Crippen molar-refractivity contribution in [2.24, 2.45) is 5.92 Å². The van der Waals surface area contributed by atoms with Crippen LogP contribution in [0.5, 0.6) is 11.5 Å². The molecule has 1 heterocycles. The summed E-state index contributed by atoms with van der Waals surface area (Å²) in [6, 6.07) is 13.6. The smallest absolute Gasteiger partial charge is 0.301 e. The maximum atomic E-state index is 13.1. The lowest BCUT2D eigenvalue weighted by Gasteiger charge is -2.18. The highest BCUT2D eigenvalue weighted by Crippen LogP contribution is 2.37. The molecule has 0 aliphatic carbocycles. The van der Waals surface area contributed by atoms with Crippen LogP contribution < -0.4 is 14.4 Å². The monoisotopic (exact) mass is 395 g/mol. The molecule has 0 saturated carbocycles. The molecule has 1 aliphatic heterocycles. The van der Waals surface area contributed by atoms with Crippen LogP contribution in [0.25, 0.3) is 5.57 Å². The van der Waals surface area contributed by atoms with E-state index in [4.69, 9.17) is 9.47 Å². The molecule has 2 aromatic rings. The van der Waals surface area contributed by atoms with Gasteiger partial charge in [0.25, 0.3) is 5.91 Å². The lowest BCUT2D eigenvalue weighted by Crippen LogP contribution is -2.32. The molecule has 0 fully saturated rings. The highest BCUT2D eigenvalue weighted by Gasteiger charge is 2.41. The number of carbonyl (C=O) groups is 2. The average Bonchev–Trinajstić information content (AvgIpc) is 2.94. The third kappa shape index (κ3) is 4.26. The molecule has 6 nitrogen and oxygen atoms in total. The van der Waals surface area contributed by atoms with E-state index in [1.54, 1.807) is 48.5 Å². The highest BCUT2D eigenvalue weighted by atomic mass is 16.5. The maximum Gasteiger partial charge on any atom is 0.301 e. The van der Waals surface area contributed by atoms with Crippen LogP contribution in [-0.4, -0.2) is 30.1 Å². The molecule has 1 N–H and O–H groups in total. The Morgan fingerprint density at radius 1 is 0.966 bits per heavy atom. The van der Waals surface area contributed by atoms with E-state index in [2.05, 4.69) is 13.8 Å². The van der Waals surface area contributed by atoms with Crippen LogP contribution in [0, 0.1) is 5.92 Å². The number of aliphatic hydroxyl groups excluding tert-OH is 1. The fourth-order valence-corrected chi connectivity index (χ4v) is 2.95. The number of anilines is 1. The van der Waals surface area contributed by atoms with Gasteiger partial charge in [-0.15, -0.1) is 0 Å². The maximum absolute atomic E-state index is 13.1. The van der Waals surface area contributed by atoms with Crippen molar-refractivity contribution in [3.8, 4) is 11.5 Å². The summed E-state index contributed by atoms with van der Waals surface area (Å²) in [5.41, 5.74) is 0.734. The summed E-state index contributed by atoms with van der Waals surface area (Å²) in [7, 11) is 0. The second kappa shape index (κ2) is 8.82. The van der Waals surface area contributed by atoms with E-state index in [1.165, 1.54) is 0 Å². The zero-order chi connectivity index (χ0) is 21.0. The van der Waals surface area contributed by atoms with E-state index in [0.29, 0.717) is 41.9 Å². The fourth-order valence-electron chi connectivity index (χ4n) is 2.95. The number of benzene rings is 2. The van der Waals surface area contributed by atoms with Crippen molar-refractivity contribution in [1.82, 2.24) is 0 Å². The number of nitrogens with zero attached hydrogens (tertiary/aromatic N) is 1. The lowest BCUT2D eigenvalue weighted by molar-refractivity contribution is -0.121. The molecule has 0 radical (unpaired) electrons. The summed E-state index contributed by atoms with van der Waals surface area (Å²) in [4.78, 5) is 26.7. The molecule has 0 aromatic heterocycles. The van der Waals surface area contributed by atoms with E-state index < -0.39 is 17.6 Å². The predicted molar refractivity (Wildman–Crippen MR) is 111 cm³/mol. The molecule has 0 unspecified atom stereocenters. The van der Waals surface area contributed by atoms with Gasteiger partial charge in [-0.3, -0.25) is 9.59 Å². The minimum atomic E-state index is -0.766. The van der Waals surface area contributed by atoms with Crippen LogP contribution >= 0.6 is 0 Å². The first kappa shape index (κ1) is 20.5. The Labute approximate surface area is 170 Å². The number of imide groups is 1. The van der Waals surface area contributed by atoms with Crippen LogP contribution in [0.15, 0.2) is 54.3 Å². The SMILES string of the molecule is CCCOc1ccccc1N1C(=O)C(O)=C(c2ccc(OCC(C)C)cc2)C1=O. The number of para-hydroxylation sites is 2. The minimum absolute atomic E-state index is 0.0318. The van der Waals surface area contributed by atoms with Crippen molar-refractivity contribution in [1.29, 1.82) is 0 Å². The van der Waals surface area contributed by atoms with Gasteiger partial charge in [-0.05, 0) is 42.2 Å². The minimum Gasteiger partial charge on any atom is -0.502 e. The molecule has 0 atom stereocenters. The summed E-state index contributed by atoms with van der Waals surface area (Å²) in [6.45, 7) is 7.10. The second-order valence-electron chi connectivity index (χ2n) is 7.21. The summed E-state index contributed by atoms with van der Waals surface area (Å²) >= 11 is 0. The number of ether oxygens (including phenoxy) is 2. The van der Waals surface area contributed by atoms with Crippen molar-refractivity contribution in [3.05, 3.63) is 59.9 Å². The van der Waals surface area contributed by atoms with Crippen molar-refractivity contribution < 1.29 is 24.2 Å². The molecule has 0 bridgehead atoms. The average molecular weight is 395 g/mol. The summed E-state index contributed by atoms with van der Waals surface area (Å²) in [5, 5.41) is 10.4. The van der Waals surface area contributed by atoms with Gasteiger partial charge in [0.2, 0.25) is 0 Å². The van der Waals surface area contributed by atoms with Crippen LogP contribution in [0.2, 0.25) is 0 Å². The van der Waals surface area contributed by atoms with Crippen molar-refractivity contribution in [2.75, 3.05) is 18.1 Å². The van der Waals surface area contributed by atoms with Gasteiger partial charge < -0.3 is 14.6 Å². The molecule has 0 saturated heterocycles. The van der Waals surface area contributed by atoms with Crippen LogP contribution in [0.4, 0.5) is 5.69 Å². The summed E-state index contributed by atoms with van der Waals surface area (Å²) < 4.78 is 11.3. The number of hydrogen-bond acceptors (Lipinski definition) is 5. The first-order chi connectivity index (χ1) is 13.9. The molecule has 0 spiro atoms. The van der Waals surface area contributed by atoms with E-state index in [-0.39, 0.29) is 5.57 Å². The Morgan fingerprint density at radius 3 is 2.31 bits per heavy atom. The quantitative estimate of drug-likeness (QED) is 0.673. The molecule has 2 aromatic carbocycles. The van der Waals surface area contributed by atoms with Crippen molar-refractivity contribution in [3.63, 3.8) is 0 Å². The number of rotatable bonds is 8. The van der Waals surface area contributed by atoms with Crippen molar-refractivity contribution >= 4 is 23.1 Å². The normalized spacial score (nSPS) is 14.1. The first-order valence-electron chi connectivity index (χ1n) is 9.71. The Morgan fingerprint density at radius 2 is 1.66 bits per heavy atom. The van der Waals surface area contributed by atoms with Gasteiger partial charge in [-0.1, -0.05) is 45.0 Å². The van der Waals surface area contributed by atoms with Crippen molar-refractivity contribution in [2.45, 2.75) is 27.2 Å². The molecule has 29 heavy (non-hydrogen) atoms. The van der Waals surface area contributed by atoms with E-state index in [1.807, 2.05) is 6.92 Å². The Hall–Kier alpha value is -3.28. The number of aliphatic hydroxyl groups is 1. The Balaban J connectivity index is 1.88. The van der Waals surface area contributed by atoms with E-state index in [9.17, 15) is 14.7 Å². The number of carbonyl (C=O) groups excluding carboxylic acids is 2. The van der Waals surface area contributed by atoms with Gasteiger partial charge in [-0.2, -0.15) is 0 Å². The van der Waals surface area contributed by atoms with Crippen LogP contribution in [-0.2, 0) is 9.59 Å². The molecule has 3 rings (SSSR count). The zero-order valence-electron chi connectivity index (χ0n) is 16.8. The number of amides is 2. The Kier molecular flexibility index (Phi) is 6.22. The van der Waals surface area contributed by atoms with Gasteiger partial charge in [0.15, 0.2) is 5.76 Å². The fraction of sp³-hybridized carbons (Fsp3) is 0.304. The molecule has 152 valence electrons. The zero-order valence-corrected chi connectivity index (χ0v) is 16.8. The molecule has 1 aliphatic rings. The van der Waals surface area contributed by atoms with Crippen LogP contribution in [0.3, 0.4) is 0 Å². The summed E-state index contributed by atoms with van der Waals surface area (Å²) in [5.74, 6) is -0.458. The largest absolute Gasteiger partial charge is 0.502 e. The third-order valence-corrected chi connectivity index (χ3v) is 4.35. The van der Waals surface area contributed by atoms with Gasteiger partial charge in [0.05, 0.1) is 24.5 Å². The third-order valence-electron chi connectivity index (χ3n) is 4.35. The standard InChI is InChI=1S/C23H25NO5/c1-4-13-28-19-8-6-5-7-18(19)24-22(26)20(21(25)23(24)27)16-9-11-17(12-10-16)29-14-15(2)3/h5-12,15,25H,4,13-14H2,1-3H3. The highest BCUT2D eigenvalue weighted by molar-refractivity contribution is 6.45. The molecular weight excluding hydrogens is 370 g/mol. The lowest BCUT2D eigenvalue weighted by atomic mass is 10.1. The number of hydrogen-bond donors (Lipinski definition) is 1. The molecule has 6 heteroatoms. The van der Waals surface area contributed by atoms with Gasteiger partial charge in [0.1, 0.15) is 11.5 Å². The Bertz CT molecular complexity index is 931.